The van der Waals surface area contributed by atoms with E-state index >= 15 is 0 Å². The molecule has 0 saturated carbocycles. The second-order valence-corrected chi connectivity index (χ2v) is 11.8. The highest BCUT2D eigenvalue weighted by molar-refractivity contribution is 9.09. The van der Waals surface area contributed by atoms with E-state index in [-0.39, 0.29) is 36.4 Å². The SMILES string of the molecule is C=CCCOC(=O)[C@H]1[C@@H]2OC3(CC2Br)C(C(=O)N(CC=C)c2ccc(N(CC)CC)cc2)N([C@H](C)CO)C(=O)[C@H]13. The highest BCUT2D eigenvalue weighted by atomic mass is 79.9. The van der Waals surface area contributed by atoms with Crippen LogP contribution in [0.25, 0.3) is 0 Å². The smallest absolute Gasteiger partial charge is 0.312 e. The first-order chi connectivity index (χ1) is 19.2. The fourth-order valence-corrected chi connectivity index (χ4v) is 7.49. The molecule has 0 aliphatic carbocycles. The van der Waals surface area contributed by atoms with Crippen LogP contribution in [0.1, 0.15) is 33.6 Å². The molecule has 1 spiro atoms. The Hall–Kier alpha value is -2.69. The van der Waals surface area contributed by atoms with E-state index in [2.05, 4.69) is 47.8 Å². The van der Waals surface area contributed by atoms with E-state index in [9.17, 15) is 19.5 Å². The first-order valence-electron chi connectivity index (χ1n) is 14.0. The molecule has 2 amide bonds. The number of amides is 2. The van der Waals surface area contributed by atoms with Crippen LogP contribution in [0.2, 0.25) is 0 Å². The number of nitrogens with zero attached hydrogens (tertiary/aromatic N) is 3. The summed E-state index contributed by atoms with van der Waals surface area (Å²) < 4.78 is 12.0. The van der Waals surface area contributed by atoms with Crippen molar-refractivity contribution in [2.75, 3.05) is 42.6 Å². The van der Waals surface area contributed by atoms with Gasteiger partial charge in [-0.1, -0.05) is 28.1 Å². The molecule has 3 heterocycles. The number of carbonyl (C=O) groups excluding carboxylic acids is 3. The molecule has 3 fully saturated rings. The molecule has 3 unspecified atom stereocenters. The maximum atomic E-state index is 14.5. The fourth-order valence-electron chi connectivity index (χ4n) is 6.55. The van der Waals surface area contributed by atoms with Gasteiger partial charge in [0.1, 0.15) is 11.6 Å². The van der Waals surface area contributed by atoms with E-state index in [1.807, 2.05) is 24.3 Å². The van der Waals surface area contributed by atoms with Crippen molar-refractivity contribution in [3.63, 3.8) is 0 Å². The minimum atomic E-state index is -1.24. The van der Waals surface area contributed by atoms with Crippen molar-refractivity contribution in [1.29, 1.82) is 0 Å². The molecule has 1 aromatic rings. The van der Waals surface area contributed by atoms with Gasteiger partial charge in [0.15, 0.2) is 0 Å². The number of hydrogen-bond acceptors (Lipinski definition) is 7. The maximum Gasteiger partial charge on any atom is 0.312 e. The van der Waals surface area contributed by atoms with Crippen LogP contribution in [-0.4, -0.2) is 89.3 Å². The van der Waals surface area contributed by atoms with Crippen molar-refractivity contribution in [2.24, 2.45) is 11.8 Å². The largest absolute Gasteiger partial charge is 0.465 e. The average molecular weight is 619 g/mol. The summed E-state index contributed by atoms with van der Waals surface area (Å²) in [6, 6.07) is 6.03. The molecule has 0 aromatic heterocycles. The Morgan fingerprint density at radius 1 is 1.23 bits per heavy atom. The maximum absolute atomic E-state index is 14.5. The fraction of sp³-hybridized carbons (Fsp3) is 0.567. The lowest BCUT2D eigenvalue weighted by Crippen LogP contribution is -2.58. The summed E-state index contributed by atoms with van der Waals surface area (Å²) in [7, 11) is 0. The van der Waals surface area contributed by atoms with Gasteiger partial charge < -0.3 is 29.3 Å². The summed E-state index contributed by atoms with van der Waals surface area (Å²) in [5, 5.41) is 10.1. The molecule has 40 heavy (non-hydrogen) atoms. The van der Waals surface area contributed by atoms with Crippen LogP contribution in [0.3, 0.4) is 0 Å². The quantitative estimate of drug-likeness (QED) is 0.157. The number of rotatable bonds is 13. The van der Waals surface area contributed by atoms with Gasteiger partial charge >= 0.3 is 5.97 Å². The topological polar surface area (TPSA) is 99.6 Å². The summed E-state index contributed by atoms with van der Waals surface area (Å²) >= 11 is 3.66. The lowest BCUT2D eigenvalue weighted by molar-refractivity contribution is -0.155. The van der Waals surface area contributed by atoms with Crippen molar-refractivity contribution < 1.29 is 29.0 Å². The number of alkyl halides is 1. The number of hydrogen-bond donors (Lipinski definition) is 1. The molecule has 0 radical (unpaired) electrons. The molecular weight excluding hydrogens is 578 g/mol. The predicted octanol–water partition coefficient (Wildman–Crippen LogP) is 3.30. The minimum Gasteiger partial charge on any atom is -0.465 e. The highest BCUT2D eigenvalue weighted by Crippen LogP contribution is 2.60. The number of ether oxygens (including phenoxy) is 2. The highest BCUT2D eigenvalue weighted by Gasteiger charge is 2.77. The Morgan fingerprint density at radius 3 is 2.45 bits per heavy atom. The Morgan fingerprint density at radius 2 is 1.88 bits per heavy atom. The molecule has 9 nitrogen and oxygen atoms in total. The van der Waals surface area contributed by atoms with E-state index in [4.69, 9.17) is 9.47 Å². The average Bonchev–Trinajstić information content (AvgIpc) is 3.55. The molecular formula is C30H40BrN3O6. The lowest BCUT2D eigenvalue weighted by atomic mass is 9.70. The van der Waals surface area contributed by atoms with Crippen molar-refractivity contribution >= 4 is 45.1 Å². The van der Waals surface area contributed by atoms with Crippen molar-refractivity contribution in [2.45, 2.75) is 62.2 Å². The van der Waals surface area contributed by atoms with Crippen molar-refractivity contribution in [3.8, 4) is 0 Å². The molecule has 10 heteroatoms. The first-order valence-corrected chi connectivity index (χ1v) is 14.9. The minimum absolute atomic E-state index is 0.155. The Kier molecular flexibility index (Phi) is 9.42. The van der Waals surface area contributed by atoms with Gasteiger partial charge in [0.25, 0.3) is 5.91 Å². The standard InChI is InChI=1S/C30H40BrN3O6/c1-6-10-16-39-29(38)23-24-27(36)34(19(5)18-35)26(30(24)17-22(31)25(23)40-30)28(37)33(15-7-2)21-13-11-20(12-14-21)32(8-3)9-4/h6-7,11-14,19,22-26,35H,1-2,8-10,15-18H2,3-5H3/t19-,22?,23-,24+,25-,26?,30?/m1/s1. The van der Waals surface area contributed by atoms with E-state index in [0.29, 0.717) is 18.5 Å². The molecule has 1 N–H and O–H groups in total. The van der Waals surface area contributed by atoms with Crippen LogP contribution < -0.4 is 9.80 Å². The zero-order valence-corrected chi connectivity index (χ0v) is 25.1. The summed E-state index contributed by atoms with van der Waals surface area (Å²) in [6.07, 6.45) is 3.56. The summed E-state index contributed by atoms with van der Waals surface area (Å²) in [6.45, 7) is 15.1. The van der Waals surface area contributed by atoms with Crippen LogP contribution in [-0.2, 0) is 23.9 Å². The number of carbonyl (C=O) groups is 3. The molecule has 1 aromatic carbocycles. The molecule has 4 rings (SSSR count). The number of benzene rings is 1. The van der Waals surface area contributed by atoms with Gasteiger partial charge in [-0.2, -0.15) is 0 Å². The van der Waals surface area contributed by atoms with Gasteiger partial charge in [-0.25, -0.2) is 0 Å². The predicted molar refractivity (Wildman–Crippen MR) is 157 cm³/mol. The number of aliphatic hydroxyl groups excluding tert-OH is 1. The first kappa shape index (κ1) is 30.3. The van der Waals surface area contributed by atoms with Crippen molar-refractivity contribution in [1.82, 2.24) is 4.90 Å². The van der Waals surface area contributed by atoms with Crippen LogP contribution in [0, 0.1) is 11.8 Å². The molecule has 218 valence electrons. The third-order valence-corrected chi connectivity index (χ3v) is 9.25. The number of esters is 1. The lowest BCUT2D eigenvalue weighted by Gasteiger charge is -2.38. The second kappa shape index (κ2) is 12.4. The van der Waals surface area contributed by atoms with Gasteiger partial charge in [-0.05, 0) is 57.9 Å². The number of halogens is 1. The number of aliphatic hydroxyl groups is 1. The normalized spacial score (nSPS) is 29.2. The molecule has 3 aliphatic rings. The molecule has 2 bridgehead atoms. The third-order valence-electron chi connectivity index (χ3n) is 8.41. The van der Waals surface area contributed by atoms with E-state index in [0.717, 1.165) is 18.8 Å². The summed E-state index contributed by atoms with van der Waals surface area (Å²) in [4.78, 5) is 46.8. The number of likely N-dealkylation sites (tertiary alicyclic amines) is 1. The van der Waals surface area contributed by atoms with Crippen LogP contribution in [0.5, 0.6) is 0 Å². The van der Waals surface area contributed by atoms with Gasteiger partial charge in [-0.3, -0.25) is 14.4 Å². The van der Waals surface area contributed by atoms with Crippen molar-refractivity contribution in [3.05, 3.63) is 49.6 Å². The third kappa shape index (κ3) is 4.99. The van der Waals surface area contributed by atoms with E-state index < -0.39 is 41.6 Å². The number of anilines is 2. The zero-order chi connectivity index (χ0) is 29.2. The van der Waals surface area contributed by atoms with E-state index in [1.165, 1.54) is 4.90 Å². The van der Waals surface area contributed by atoms with Crippen LogP contribution >= 0.6 is 15.9 Å². The monoisotopic (exact) mass is 617 g/mol. The molecule has 3 aliphatic heterocycles. The molecule has 3 saturated heterocycles. The van der Waals surface area contributed by atoms with Gasteiger partial charge in [0.05, 0.1) is 37.2 Å². The summed E-state index contributed by atoms with van der Waals surface area (Å²) in [5.74, 6) is -2.98. The van der Waals surface area contributed by atoms with Crippen LogP contribution in [0.15, 0.2) is 49.6 Å². The van der Waals surface area contributed by atoms with Gasteiger partial charge in [0.2, 0.25) is 5.91 Å². The Bertz CT molecular complexity index is 1120. The van der Waals surface area contributed by atoms with Gasteiger partial charge in [-0.15, -0.1) is 13.2 Å². The van der Waals surface area contributed by atoms with Gasteiger partial charge in [0, 0.05) is 35.8 Å². The number of fused-ring (bicyclic) bond motifs is 1. The summed E-state index contributed by atoms with van der Waals surface area (Å²) in [5.41, 5.74) is 0.467. The Balaban J connectivity index is 1.74. The zero-order valence-electron chi connectivity index (χ0n) is 23.5. The van der Waals surface area contributed by atoms with Crippen LogP contribution in [0.4, 0.5) is 11.4 Å². The second-order valence-electron chi connectivity index (χ2n) is 10.6. The van der Waals surface area contributed by atoms with E-state index in [1.54, 1.807) is 24.0 Å². The molecule has 7 atom stereocenters. The Labute approximate surface area is 244 Å².